The molecule has 47 heavy (non-hydrogen) atoms. The Bertz CT molecular complexity index is 2320. The van der Waals surface area contributed by atoms with Crippen LogP contribution in [0, 0.1) is 11.3 Å². The second-order valence-corrected chi connectivity index (χ2v) is 11.1. The average molecular weight is 604 g/mol. The van der Waals surface area contributed by atoms with Crippen molar-refractivity contribution in [1.29, 1.82) is 5.26 Å². The maximum Gasteiger partial charge on any atom is 0.227 e. The van der Waals surface area contributed by atoms with Crippen molar-refractivity contribution in [2.24, 2.45) is 0 Å². The molecule has 8 aromatic rings. The van der Waals surface area contributed by atoms with Crippen molar-refractivity contribution in [2.75, 3.05) is 0 Å². The second kappa shape index (κ2) is 12.0. The van der Waals surface area contributed by atoms with Gasteiger partial charge in [-0.2, -0.15) is 5.26 Å². The Morgan fingerprint density at radius 3 is 1.43 bits per heavy atom. The van der Waals surface area contributed by atoms with E-state index in [0.29, 0.717) is 34.5 Å². The van der Waals surface area contributed by atoms with E-state index in [4.69, 9.17) is 24.4 Å². The summed E-state index contributed by atoms with van der Waals surface area (Å²) in [6.07, 6.45) is 0. The molecule has 6 aromatic carbocycles. The molecule has 0 saturated heterocycles. The number of aromatic nitrogens is 4. The van der Waals surface area contributed by atoms with E-state index < -0.39 is 0 Å². The smallest absolute Gasteiger partial charge is 0.227 e. The van der Waals surface area contributed by atoms with Gasteiger partial charge in [-0.25, -0.2) is 19.9 Å². The van der Waals surface area contributed by atoms with Gasteiger partial charge in [0.05, 0.1) is 11.6 Å². The molecule has 0 aliphatic carbocycles. The third-order valence-electron chi connectivity index (χ3n) is 8.02. The second-order valence-electron chi connectivity index (χ2n) is 11.1. The SMILES string of the molecule is N#Cc1ccc(-c2cc(-c3ccc(-c4nc(-c5ccccc5)nc(-c5ccccc5)n4)cc3)cc3oc(-c4ccccc4)nc23)cc1. The predicted molar refractivity (Wildman–Crippen MR) is 185 cm³/mol. The first kappa shape index (κ1) is 27.8. The van der Waals surface area contributed by atoms with Crippen molar-refractivity contribution in [3.8, 4) is 73.9 Å². The summed E-state index contributed by atoms with van der Waals surface area (Å²) in [6, 6.07) is 51.9. The van der Waals surface area contributed by atoms with Gasteiger partial charge < -0.3 is 4.42 Å². The van der Waals surface area contributed by atoms with Crippen molar-refractivity contribution in [1.82, 2.24) is 19.9 Å². The number of oxazole rings is 1. The van der Waals surface area contributed by atoms with Gasteiger partial charge in [0.2, 0.25) is 5.89 Å². The minimum Gasteiger partial charge on any atom is -0.436 e. The molecule has 2 heterocycles. The van der Waals surface area contributed by atoms with E-state index in [9.17, 15) is 5.26 Å². The Hall–Kier alpha value is -6.71. The molecule has 0 bridgehead atoms. The van der Waals surface area contributed by atoms with Crippen LogP contribution in [0.15, 0.2) is 156 Å². The average Bonchev–Trinajstić information content (AvgIpc) is 3.60. The highest BCUT2D eigenvalue weighted by Crippen LogP contribution is 2.37. The molecule has 0 aliphatic rings. The van der Waals surface area contributed by atoms with Crippen LogP contribution in [-0.2, 0) is 0 Å². The normalized spacial score (nSPS) is 11.0. The molecule has 0 amide bonds. The van der Waals surface area contributed by atoms with Crippen LogP contribution in [0.25, 0.3) is 79.0 Å². The minimum absolute atomic E-state index is 0.557. The summed E-state index contributed by atoms with van der Waals surface area (Å²) in [4.78, 5) is 19.5. The molecule has 0 unspecified atom stereocenters. The molecule has 8 rings (SSSR count). The lowest BCUT2D eigenvalue weighted by Crippen LogP contribution is -2.00. The quantitative estimate of drug-likeness (QED) is 0.188. The van der Waals surface area contributed by atoms with E-state index >= 15 is 0 Å². The van der Waals surface area contributed by atoms with E-state index in [1.54, 1.807) is 0 Å². The molecule has 6 nitrogen and oxygen atoms in total. The molecule has 0 radical (unpaired) electrons. The summed E-state index contributed by atoms with van der Waals surface area (Å²) in [7, 11) is 0. The van der Waals surface area contributed by atoms with Gasteiger partial charge in [-0.1, -0.05) is 115 Å². The molecule has 220 valence electrons. The molecular formula is C41H25N5O. The lowest BCUT2D eigenvalue weighted by Gasteiger charge is -2.10. The van der Waals surface area contributed by atoms with Gasteiger partial charge in [0.25, 0.3) is 0 Å². The molecule has 0 fully saturated rings. The van der Waals surface area contributed by atoms with Crippen LogP contribution in [0.2, 0.25) is 0 Å². The lowest BCUT2D eigenvalue weighted by molar-refractivity contribution is 0.620. The van der Waals surface area contributed by atoms with Crippen LogP contribution in [0.4, 0.5) is 0 Å². The van der Waals surface area contributed by atoms with Crippen LogP contribution in [0.5, 0.6) is 0 Å². The number of hydrogen-bond donors (Lipinski definition) is 0. The van der Waals surface area contributed by atoms with Crippen LogP contribution < -0.4 is 0 Å². The standard InChI is InChI=1S/C41H25N5O/c42-26-27-16-18-29(19-17-27)35-24-34(25-36-37(35)43-41(47-36)33-14-8-3-9-15-33)28-20-22-32(23-21-28)40-45-38(30-10-4-1-5-11-30)44-39(46-40)31-12-6-2-7-13-31/h1-25H. The maximum atomic E-state index is 9.35. The number of rotatable bonds is 6. The zero-order chi connectivity index (χ0) is 31.6. The Balaban J connectivity index is 1.22. The van der Waals surface area contributed by atoms with Crippen molar-refractivity contribution in [3.63, 3.8) is 0 Å². The maximum absolute atomic E-state index is 9.35. The third kappa shape index (κ3) is 5.54. The summed E-state index contributed by atoms with van der Waals surface area (Å²) >= 11 is 0. The minimum atomic E-state index is 0.557. The van der Waals surface area contributed by atoms with Crippen molar-refractivity contribution >= 4 is 11.1 Å². The number of hydrogen-bond acceptors (Lipinski definition) is 6. The van der Waals surface area contributed by atoms with E-state index in [1.807, 2.05) is 133 Å². The van der Waals surface area contributed by atoms with Crippen LogP contribution in [-0.4, -0.2) is 19.9 Å². The highest BCUT2D eigenvalue weighted by Gasteiger charge is 2.17. The molecule has 0 N–H and O–H groups in total. The van der Waals surface area contributed by atoms with Gasteiger partial charge in [0.15, 0.2) is 23.1 Å². The van der Waals surface area contributed by atoms with Gasteiger partial charge in [-0.05, 0) is 53.1 Å². The molecule has 0 aliphatic heterocycles. The fraction of sp³-hybridized carbons (Fsp3) is 0. The van der Waals surface area contributed by atoms with E-state index in [1.165, 1.54) is 0 Å². The number of nitrogens with zero attached hydrogens (tertiary/aromatic N) is 5. The molecule has 6 heteroatoms. The van der Waals surface area contributed by atoms with E-state index in [0.717, 1.165) is 50.0 Å². The molecule has 0 atom stereocenters. The molecule has 0 spiro atoms. The van der Waals surface area contributed by atoms with Gasteiger partial charge in [-0.15, -0.1) is 0 Å². The van der Waals surface area contributed by atoms with Crippen LogP contribution in [0.3, 0.4) is 0 Å². The van der Waals surface area contributed by atoms with E-state index in [2.05, 4.69) is 24.3 Å². The fourth-order valence-electron chi connectivity index (χ4n) is 5.59. The highest BCUT2D eigenvalue weighted by molar-refractivity contribution is 5.96. The van der Waals surface area contributed by atoms with E-state index in [-0.39, 0.29) is 0 Å². The summed E-state index contributed by atoms with van der Waals surface area (Å²) in [5.41, 5.74) is 9.54. The predicted octanol–water partition coefficient (Wildman–Crippen LogP) is 9.89. The Kier molecular flexibility index (Phi) is 7.10. The zero-order valence-corrected chi connectivity index (χ0v) is 25.1. The lowest BCUT2D eigenvalue weighted by atomic mass is 9.96. The number of nitriles is 1. The Morgan fingerprint density at radius 2 is 0.894 bits per heavy atom. The largest absolute Gasteiger partial charge is 0.436 e. The number of benzene rings is 6. The van der Waals surface area contributed by atoms with Crippen molar-refractivity contribution in [3.05, 3.63) is 157 Å². The topological polar surface area (TPSA) is 88.5 Å². The number of fused-ring (bicyclic) bond motifs is 1. The molecule has 0 saturated carbocycles. The molecular weight excluding hydrogens is 578 g/mol. The first-order chi connectivity index (χ1) is 23.2. The molecule has 2 aromatic heterocycles. The van der Waals surface area contributed by atoms with Gasteiger partial charge in [0, 0.05) is 27.8 Å². The summed E-state index contributed by atoms with van der Waals surface area (Å²) in [6.45, 7) is 0. The third-order valence-corrected chi connectivity index (χ3v) is 8.02. The van der Waals surface area contributed by atoms with Crippen LogP contribution >= 0.6 is 0 Å². The zero-order valence-electron chi connectivity index (χ0n) is 25.1. The van der Waals surface area contributed by atoms with Crippen molar-refractivity contribution < 1.29 is 4.42 Å². The summed E-state index contributed by atoms with van der Waals surface area (Å²) < 4.78 is 6.34. The van der Waals surface area contributed by atoms with Crippen LogP contribution in [0.1, 0.15) is 5.56 Å². The van der Waals surface area contributed by atoms with Gasteiger partial charge in [-0.3, -0.25) is 0 Å². The van der Waals surface area contributed by atoms with Crippen molar-refractivity contribution in [2.45, 2.75) is 0 Å². The van der Waals surface area contributed by atoms with Gasteiger partial charge >= 0.3 is 0 Å². The summed E-state index contributed by atoms with van der Waals surface area (Å²) in [5.74, 6) is 2.40. The Labute approximate surface area is 271 Å². The highest BCUT2D eigenvalue weighted by atomic mass is 16.3. The fourth-order valence-corrected chi connectivity index (χ4v) is 5.59. The first-order valence-electron chi connectivity index (χ1n) is 15.2. The summed E-state index contributed by atoms with van der Waals surface area (Å²) in [5, 5.41) is 9.35. The Morgan fingerprint density at radius 1 is 0.426 bits per heavy atom. The van der Waals surface area contributed by atoms with Gasteiger partial charge in [0.1, 0.15) is 5.52 Å². The monoisotopic (exact) mass is 603 g/mol. The first-order valence-corrected chi connectivity index (χ1v) is 15.2.